The smallest absolute Gasteiger partial charge is 0.165 e. The molecule has 2 aliphatic heterocycles. The predicted molar refractivity (Wildman–Crippen MR) is 99.7 cm³/mol. The predicted octanol–water partition coefficient (Wildman–Crippen LogP) is 4.88. The molecule has 2 heterocycles. The van der Waals surface area contributed by atoms with Gasteiger partial charge in [0.05, 0.1) is 12.9 Å². The Morgan fingerprint density at radius 2 is 1.64 bits per heavy atom. The summed E-state index contributed by atoms with van der Waals surface area (Å²) in [6.07, 6.45) is 3.23. The summed E-state index contributed by atoms with van der Waals surface area (Å²) in [7, 11) is 0. The number of aromatic nitrogens is 4. The van der Waals surface area contributed by atoms with Gasteiger partial charge in [0.25, 0.3) is 0 Å². The minimum atomic E-state index is 0.465. The molecule has 0 aliphatic carbocycles. The number of halogens is 2. The van der Waals surface area contributed by atoms with E-state index < -0.39 is 0 Å². The summed E-state index contributed by atoms with van der Waals surface area (Å²) < 4.78 is 1.88. The topological polar surface area (TPSA) is 55.6 Å². The number of nitrogens with zero attached hydrogens (tertiary/aromatic N) is 4. The van der Waals surface area contributed by atoms with Crippen molar-refractivity contribution >= 4 is 34.7 Å². The standard InChI is InChI=1S/C18H13Cl2N5/c19-14-7-4-8-15(20)13(14)9-25-11-23-17(16-18(25)22-10-21-16)24-12-5-2-1-3-6-12/h1-8,10-11,24H,9H2. The van der Waals surface area contributed by atoms with E-state index in [2.05, 4.69) is 20.3 Å². The number of nitrogens with one attached hydrogen (secondary N) is 1. The molecule has 0 atom stereocenters. The summed E-state index contributed by atoms with van der Waals surface area (Å²) in [5.74, 6) is 1.37. The van der Waals surface area contributed by atoms with Crippen LogP contribution in [0.1, 0.15) is 5.56 Å². The molecule has 0 radical (unpaired) electrons. The number of para-hydroxylation sites is 1. The zero-order valence-corrected chi connectivity index (χ0v) is 14.5. The number of rotatable bonds is 4. The van der Waals surface area contributed by atoms with E-state index in [0.29, 0.717) is 33.9 Å². The SMILES string of the molecule is Clc1cccc(Cl)c1Cn1cnc(Nc2ccccc2)c2ncnc1-2. The zero-order valence-electron chi connectivity index (χ0n) is 13.0. The van der Waals surface area contributed by atoms with Crippen LogP contribution in [0.4, 0.5) is 11.5 Å². The molecule has 5 nitrogen and oxygen atoms in total. The van der Waals surface area contributed by atoms with Crippen molar-refractivity contribution in [2.45, 2.75) is 6.54 Å². The van der Waals surface area contributed by atoms with Gasteiger partial charge in [0.1, 0.15) is 6.33 Å². The van der Waals surface area contributed by atoms with Crippen LogP contribution in [0.2, 0.25) is 10.0 Å². The van der Waals surface area contributed by atoms with Gasteiger partial charge in [-0.05, 0) is 24.3 Å². The van der Waals surface area contributed by atoms with E-state index in [1.165, 1.54) is 6.33 Å². The molecule has 1 N–H and O–H groups in total. The fourth-order valence-corrected chi connectivity index (χ4v) is 3.12. The quantitative estimate of drug-likeness (QED) is 0.557. The van der Waals surface area contributed by atoms with Crippen molar-refractivity contribution in [3.63, 3.8) is 0 Å². The van der Waals surface area contributed by atoms with Gasteiger partial charge in [0.2, 0.25) is 0 Å². The van der Waals surface area contributed by atoms with Gasteiger partial charge in [-0.2, -0.15) is 0 Å². The number of hydrogen-bond acceptors (Lipinski definition) is 4. The lowest BCUT2D eigenvalue weighted by Gasteiger charge is -2.15. The first kappa shape index (κ1) is 15.9. The molecular formula is C18H13Cl2N5. The van der Waals surface area contributed by atoms with Gasteiger partial charge in [-0.15, -0.1) is 0 Å². The summed E-state index contributed by atoms with van der Waals surface area (Å²) in [6, 6.07) is 15.3. The maximum absolute atomic E-state index is 6.28. The van der Waals surface area contributed by atoms with Crippen molar-refractivity contribution in [3.05, 3.63) is 76.8 Å². The zero-order chi connectivity index (χ0) is 17.2. The lowest BCUT2D eigenvalue weighted by molar-refractivity contribution is 0.762. The summed E-state index contributed by atoms with van der Waals surface area (Å²) in [6.45, 7) is 0.465. The molecule has 2 aliphatic rings. The molecule has 0 aromatic heterocycles. The van der Waals surface area contributed by atoms with E-state index >= 15 is 0 Å². The second kappa shape index (κ2) is 6.70. The van der Waals surface area contributed by atoms with Gasteiger partial charge >= 0.3 is 0 Å². The van der Waals surface area contributed by atoms with Crippen LogP contribution in [0.25, 0.3) is 11.5 Å². The van der Waals surface area contributed by atoms with Crippen LogP contribution in [0.3, 0.4) is 0 Å². The van der Waals surface area contributed by atoms with Crippen LogP contribution in [-0.4, -0.2) is 19.5 Å². The molecule has 0 saturated heterocycles. The Balaban J connectivity index is 1.70. The fourth-order valence-electron chi connectivity index (χ4n) is 2.60. The third kappa shape index (κ3) is 3.16. The van der Waals surface area contributed by atoms with E-state index in [1.807, 2.05) is 53.1 Å². The van der Waals surface area contributed by atoms with Crippen molar-refractivity contribution in [1.82, 2.24) is 19.5 Å². The highest BCUT2D eigenvalue weighted by Gasteiger charge is 2.18. The minimum absolute atomic E-state index is 0.465. The van der Waals surface area contributed by atoms with E-state index in [4.69, 9.17) is 23.2 Å². The van der Waals surface area contributed by atoms with Crippen molar-refractivity contribution in [2.75, 3.05) is 5.32 Å². The molecule has 0 amide bonds. The van der Waals surface area contributed by atoms with Gasteiger partial charge in [-0.3, -0.25) is 0 Å². The Bertz CT molecular complexity index is 964. The number of benzene rings is 2. The molecule has 2 aromatic rings. The van der Waals surface area contributed by atoms with Crippen LogP contribution in [0, 0.1) is 0 Å². The summed E-state index contributed by atoms with van der Waals surface area (Å²) >= 11 is 12.6. The highest BCUT2D eigenvalue weighted by molar-refractivity contribution is 6.35. The van der Waals surface area contributed by atoms with Gasteiger partial charge in [0, 0.05) is 21.3 Å². The first-order valence-corrected chi connectivity index (χ1v) is 8.39. The first-order chi connectivity index (χ1) is 12.2. The lowest BCUT2D eigenvalue weighted by atomic mass is 10.2. The van der Waals surface area contributed by atoms with Crippen LogP contribution >= 0.6 is 23.2 Å². The maximum atomic E-state index is 6.28. The second-order valence-corrected chi connectivity index (χ2v) is 6.27. The normalized spacial score (nSPS) is 11.0. The lowest BCUT2D eigenvalue weighted by Crippen LogP contribution is -2.10. The van der Waals surface area contributed by atoms with Gasteiger partial charge in [-0.25, -0.2) is 15.0 Å². The number of imidazole rings is 1. The maximum Gasteiger partial charge on any atom is 0.165 e. The largest absolute Gasteiger partial charge is 0.338 e. The summed E-state index contributed by atoms with van der Waals surface area (Å²) in [5.41, 5.74) is 2.45. The van der Waals surface area contributed by atoms with E-state index in [0.717, 1.165) is 11.3 Å². The molecular weight excluding hydrogens is 357 g/mol. The molecule has 0 unspecified atom stereocenters. The van der Waals surface area contributed by atoms with E-state index in [-0.39, 0.29) is 0 Å². The Labute approximate surface area is 154 Å². The molecule has 4 rings (SSSR count). The Morgan fingerprint density at radius 3 is 2.40 bits per heavy atom. The first-order valence-electron chi connectivity index (χ1n) is 7.63. The monoisotopic (exact) mass is 369 g/mol. The third-order valence-electron chi connectivity index (χ3n) is 3.83. The average Bonchev–Trinajstić information content (AvgIpc) is 3.11. The second-order valence-electron chi connectivity index (χ2n) is 5.46. The van der Waals surface area contributed by atoms with Crippen LogP contribution in [-0.2, 0) is 6.54 Å². The molecule has 2 aromatic carbocycles. The molecule has 124 valence electrons. The summed E-state index contributed by atoms with van der Waals surface area (Å²) in [4.78, 5) is 13.2. The number of anilines is 2. The molecule has 0 bridgehead atoms. The average molecular weight is 370 g/mol. The van der Waals surface area contributed by atoms with Gasteiger partial charge in [0.15, 0.2) is 17.3 Å². The number of fused-ring (bicyclic) bond motifs is 1. The van der Waals surface area contributed by atoms with Crippen molar-refractivity contribution in [1.29, 1.82) is 0 Å². The highest BCUT2D eigenvalue weighted by atomic mass is 35.5. The van der Waals surface area contributed by atoms with Gasteiger partial charge < -0.3 is 9.88 Å². The van der Waals surface area contributed by atoms with Crippen molar-refractivity contribution in [3.8, 4) is 11.5 Å². The number of hydrogen-bond donors (Lipinski definition) is 1. The van der Waals surface area contributed by atoms with Crippen LogP contribution in [0.15, 0.2) is 61.2 Å². The van der Waals surface area contributed by atoms with Crippen molar-refractivity contribution < 1.29 is 0 Å². The molecule has 0 saturated carbocycles. The van der Waals surface area contributed by atoms with E-state index in [9.17, 15) is 0 Å². The molecule has 7 heteroatoms. The highest BCUT2D eigenvalue weighted by Crippen LogP contribution is 2.30. The summed E-state index contributed by atoms with van der Waals surface area (Å²) in [5, 5.41) is 4.49. The van der Waals surface area contributed by atoms with Crippen LogP contribution < -0.4 is 5.32 Å². The van der Waals surface area contributed by atoms with Crippen molar-refractivity contribution in [2.24, 2.45) is 0 Å². The molecule has 0 spiro atoms. The van der Waals surface area contributed by atoms with Crippen LogP contribution in [0.5, 0.6) is 0 Å². The Morgan fingerprint density at radius 1 is 0.880 bits per heavy atom. The van der Waals surface area contributed by atoms with Gasteiger partial charge in [-0.1, -0.05) is 47.5 Å². The fraction of sp³-hybridized carbons (Fsp3) is 0.0556. The Kier molecular flexibility index (Phi) is 4.26. The Hall–Kier alpha value is -2.63. The molecule has 0 fully saturated rings. The third-order valence-corrected chi connectivity index (χ3v) is 4.54. The van der Waals surface area contributed by atoms with E-state index in [1.54, 1.807) is 6.33 Å². The molecule has 25 heavy (non-hydrogen) atoms. The minimum Gasteiger partial charge on any atom is -0.338 e.